The zero-order valence-corrected chi connectivity index (χ0v) is 11.0. The minimum absolute atomic E-state index is 0.228. The molecule has 0 aliphatic heterocycles. The molecule has 0 bridgehead atoms. The number of aromatic nitrogens is 4. The Kier molecular flexibility index (Phi) is 2.92. The molecule has 0 amide bonds. The summed E-state index contributed by atoms with van der Waals surface area (Å²) >= 11 is 0. The molecule has 0 saturated carbocycles. The van der Waals surface area contributed by atoms with Crippen LogP contribution in [0.15, 0.2) is 12.4 Å². The molecule has 0 radical (unpaired) electrons. The van der Waals surface area contributed by atoms with E-state index in [1.165, 1.54) is 5.56 Å². The van der Waals surface area contributed by atoms with E-state index in [0.29, 0.717) is 0 Å². The maximum atomic E-state index is 4.36. The highest BCUT2D eigenvalue weighted by atomic mass is 15.3. The Bertz CT molecular complexity index is 523. The van der Waals surface area contributed by atoms with Crippen LogP contribution in [0, 0.1) is 13.8 Å². The van der Waals surface area contributed by atoms with Gasteiger partial charge in [-0.1, -0.05) is 0 Å². The molecule has 0 saturated heterocycles. The van der Waals surface area contributed by atoms with Gasteiger partial charge in [0.05, 0.1) is 23.1 Å². The van der Waals surface area contributed by atoms with Crippen LogP contribution in [-0.2, 0) is 14.1 Å². The van der Waals surface area contributed by atoms with Crippen molar-refractivity contribution in [2.45, 2.75) is 26.8 Å². The van der Waals surface area contributed by atoms with Crippen molar-refractivity contribution in [1.29, 1.82) is 0 Å². The fraction of sp³-hybridized carbons (Fsp3) is 0.500. The van der Waals surface area contributed by atoms with Gasteiger partial charge >= 0.3 is 0 Å². The third-order valence-electron chi connectivity index (χ3n) is 2.90. The molecule has 2 heterocycles. The van der Waals surface area contributed by atoms with Crippen LogP contribution in [0.1, 0.15) is 29.9 Å². The van der Waals surface area contributed by atoms with Crippen LogP contribution in [0.2, 0.25) is 0 Å². The molecule has 1 atom stereocenters. The van der Waals surface area contributed by atoms with Crippen LogP contribution in [0.5, 0.6) is 0 Å². The molecule has 17 heavy (non-hydrogen) atoms. The third kappa shape index (κ3) is 2.33. The molecule has 0 spiro atoms. The van der Waals surface area contributed by atoms with E-state index in [9.17, 15) is 0 Å². The van der Waals surface area contributed by atoms with Gasteiger partial charge in [0.1, 0.15) is 0 Å². The summed E-state index contributed by atoms with van der Waals surface area (Å²) in [5, 5.41) is 12.1. The predicted molar refractivity (Wildman–Crippen MR) is 67.9 cm³/mol. The molecule has 5 heteroatoms. The highest BCUT2D eigenvalue weighted by Gasteiger charge is 2.13. The second-order valence-electron chi connectivity index (χ2n) is 4.51. The predicted octanol–water partition coefficient (Wildman–Crippen LogP) is 1.94. The Labute approximate surface area is 101 Å². The molecule has 2 aromatic rings. The highest BCUT2D eigenvalue weighted by Crippen LogP contribution is 2.22. The molecule has 2 rings (SSSR count). The number of aryl methyl sites for hydroxylation is 4. The average Bonchev–Trinajstić information content (AvgIpc) is 2.70. The molecule has 0 aliphatic rings. The number of anilines is 1. The maximum Gasteiger partial charge on any atom is 0.0825 e. The van der Waals surface area contributed by atoms with Crippen LogP contribution in [-0.4, -0.2) is 19.6 Å². The van der Waals surface area contributed by atoms with E-state index in [4.69, 9.17) is 0 Å². The lowest BCUT2D eigenvalue weighted by molar-refractivity contribution is 0.756. The lowest BCUT2D eigenvalue weighted by Gasteiger charge is -2.13. The third-order valence-corrected chi connectivity index (χ3v) is 2.90. The van der Waals surface area contributed by atoms with E-state index in [-0.39, 0.29) is 6.04 Å². The van der Waals surface area contributed by atoms with Crippen molar-refractivity contribution in [3.63, 3.8) is 0 Å². The van der Waals surface area contributed by atoms with Gasteiger partial charge in [-0.25, -0.2) is 0 Å². The van der Waals surface area contributed by atoms with E-state index >= 15 is 0 Å². The molecule has 2 aromatic heterocycles. The minimum Gasteiger partial charge on any atom is -0.376 e. The van der Waals surface area contributed by atoms with Gasteiger partial charge < -0.3 is 5.32 Å². The zero-order chi connectivity index (χ0) is 12.6. The summed E-state index contributed by atoms with van der Waals surface area (Å²) in [6, 6.07) is 0.228. The van der Waals surface area contributed by atoms with Crippen molar-refractivity contribution in [2.75, 3.05) is 5.32 Å². The number of rotatable bonds is 3. The van der Waals surface area contributed by atoms with E-state index in [1.54, 1.807) is 0 Å². The summed E-state index contributed by atoms with van der Waals surface area (Å²) in [5.74, 6) is 0. The molecular formula is C12H19N5. The second-order valence-corrected chi connectivity index (χ2v) is 4.51. The summed E-state index contributed by atoms with van der Waals surface area (Å²) in [6.07, 6.45) is 4.05. The molecule has 1 N–H and O–H groups in total. The quantitative estimate of drug-likeness (QED) is 0.881. The Morgan fingerprint density at radius 2 is 1.65 bits per heavy atom. The normalized spacial score (nSPS) is 12.8. The van der Waals surface area contributed by atoms with E-state index < -0.39 is 0 Å². The first-order chi connectivity index (χ1) is 7.97. The molecule has 92 valence electrons. The van der Waals surface area contributed by atoms with E-state index in [2.05, 4.69) is 28.6 Å². The topological polar surface area (TPSA) is 47.7 Å². The first kappa shape index (κ1) is 11.7. The van der Waals surface area contributed by atoms with Crippen molar-refractivity contribution in [1.82, 2.24) is 19.6 Å². The van der Waals surface area contributed by atoms with Gasteiger partial charge in [0.25, 0.3) is 0 Å². The Morgan fingerprint density at radius 1 is 1.06 bits per heavy atom. The number of nitrogens with zero attached hydrogens (tertiary/aromatic N) is 4. The van der Waals surface area contributed by atoms with Crippen LogP contribution in [0.25, 0.3) is 0 Å². The summed E-state index contributed by atoms with van der Waals surface area (Å²) in [7, 11) is 3.87. The molecule has 0 aromatic carbocycles. The molecule has 0 aliphatic carbocycles. The van der Waals surface area contributed by atoms with E-state index in [1.807, 2.05) is 43.5 Å². The maximum absolute atomic E-state index is 4.36. The minimum atomic E-state index is 0.228. The average molecular weight is 233 g/mol. The summed E-state index contributed by atoms with van der Waals surface area (Å²) in [4.78, 5) is 0. The van der Waals surface area contributed by atoms with Crippen LogP contribution < -0.4 is 5.32 Å². The number of hydrogen-bond acceptors (Lipinski definition) is 3. The Hall–Kier alpha value is -1.78. The Morgan fingerprint density at radius 3 is 2.12 bits per heavy atom. The fourth-order valence-electron chi connectivity index (χ4n) is 2.10. The summed E-state index contributed by atoms with van der Waals surface area (Å²) < 4.78 is 3.67. The monoisotopic (exact) mass is 233 g/mol. The first-order valence-electron chi connectivity index (χ1n) is 5.74. The van der Waals surface area contributed by atoms with Gasteiger partial charge in [-0.3, -0.25) is 9.36 Å². The van der Waals surface area contributed by atoms with Crippen molar-refractivity contribution in [2.24, 2.45) is 14.1 Å². The van der Waals surface area contributed by atoms with Crippen molar-refractivity contribution < 1.29 is 0 Å². The van der Waals surface area contributed by atoms with Crippen LogP contribution in [0.3, 0.4) is 0 Å². The van der Waals surface area contributed by atoms with Crippen LogP contribution in [0.4, 0.5) is 5.69 Å². The van der Waals surface area contributed by atoms with Crippen molar-refractivity contribution in [3.8, 4) is 0 Å². The van der Waals surface area contributed by atoms with Gasteiger partial charge in [0, 0.05) is 32.1 Å². The smallest absolute Gasteiger partial charge is 0.0825 e. The SMILES string of the molecule is Cc1nn(C)cc1NC(C)c1cn(C)nc1C. The number of nitrogens with one attached hydrogen (secondary N) is 1. The molecule has 5 nitrogen and oxygen atoms in total. The van der Waals surface area contributed by atoms with Gasteiger partial charge in [-0.15, -0.1) is 0 Å². The highest BCUT2D eigenvalue weighted by molar-refractivity contribution is 5.47. The zero-order valence-electron chi connectivity index (χ0n) is 11.0. The van der Waals surface area contributed by atoms with Gasteiger partial charge in [0.15, 0.2) is 0 Å². The molecule has 1 unspecified atom stereocenters. The van der Waals surface area contributed by atoms with Gasteiger partial charge in [-0.2, -0.15) is 10.2 Å². The largest absolute Gasteiger partial charge is 0.376 e. The Balaban J connectivity index is 2.19. The molecular weight excluding hydrogens is 214 g/mol. The second kappa shape index (κ2) is 4.24. The fourth-order valence-corrected chi connectivity index (χ4v) is 2.10. The molecule has 0 fully saturated rings. The van der Waals surface area contributed by atoms with Crippen molar-refractivity contribution >= 4 is 5.69 Å². The standard InChI is InChI=1S/C12H19N5/c1-8(11-6-16(4)14-9(11)2)13-12-7-17(5)15-10(12)3/h6-8,13H,1-5H3. The van der Waals surface area contributed by atoms with Crippen LogP contribution >= 0.6 is 0 Å². The summed E-state index contributed by atoms with van der Waals surface area (Å²) in [6.45, 7) is 6.17. The van der Waals surface area contributed by atoms with Crippen molar-refractivity contribution in [3.05, 3.63) is 29.3 Å². The van der Waals surface area contributed by atoms with Gasteiger partial charge in [0.2, 0.25) is 0 Å². The lowest BCUT2D eigenvalue weighted by Crippen LogP contribution is -2.07. The first-order valence-corrected chi connectivity index (χ1v) is 5.74. The summed E-state index contributed by atoms with van der Waals surface area (Å²) in [5.41, 5.74) is 4.37. The lowest BCUT2D eigenvalue weighted by atomic mass is 10.1. The van der Waals surface area contributed by atoms with Gasteiger partial charge in [-0.05, 0) is 20.8 Å². The number of hydrogen-bond donors (Lipinski definition) is 1. The van der Waals surface area contributed by atoms with E-state index in [0.717, 1.165) is 17.1 Å².